The first kappa shape index (κ1) is 22.3. The SMILES string of the molecule is C=CC(=O)OCOC(=O)c1ccc(OC(=O)c2ccc(-c3ccc(OC)cc3)cc2)cc1. The zero-order chi connectivity index (χ0) is 22.9. The molecule has 0 radical (unpaired) electrons. The smallest absolute Gasteiger partial charge is 0.343 e. The Kier molecular flexibility index (Phi) is 7.37. The molecule has 0 unspecified atom stereocenters. The average molecular weight is 432 g/mol. The van der Waals surface area contributed by atoms with E-state index in [1.54, 1.807) is 19.2 Å². The third-order valence-electron chi connectivity index (χ3n) is 4.40. The van der Waals surface area contributed by atoms with Crippen molar-refractivity contribution in [2.45, 2.75) is 0 Å². The van der Waals surface area contributed by atoms with Crippen LogP contribution in [0.25, 0.3) is 11.1 Å². The van der Waals surface area contributed by atoms with Gasteiger partial charge < -0.3 is 18.9 Å². The van der Waals surface area contributed by atoms with Gasteiger partial charge in [0.05, 0.1) is 18.2 Å². The second-order valence-electron chi connectivity index (χ2n) is 6.44. The Hall–Kier alpha value is -4.39. The summed E-state index contributed by atoms with van der Waals surface area (Å²) in [5.74, 6) is -0.878. The van der Waals surface area contributed by atoms with E-state index in [4.69, 9.17) is 14.2 Å². The molecule has 3 rings (SSSR count). The van der Waals surface area contributed by atoms with Gasteiger partial charge in [0.15, 0.2) is 0 Å². The number of carbonyl (C=O) groups excluding carboxylic acids is 3. The molecule has 0 saturated carbocycles. The Balaban J connectivity index is 1.57. The number of ether oxygens (including phenoxy) is 4. The summed E-state index contributed by atoms with van der Waals surface area (Å²) in [5.41, 5.74) is 2.54. The van der Waals surface area contributed by atoms with Crippen molar-refractivity contribution in [1.82, 2.24) is 0 Å². The van der Waals surface area contributed by atoms with Gasteiger partial charge in [-0.05, 0) is 59.7 Å². The second-order valence-corrected chi connectivity index (χ2v) is 6.44. The van der Waals surface area contributed by atoms with Gasteiger partial charge in [-0.1, -0.05) is 30.8 Å². The Morgan fingerprint density at radius 2 is 1.22 bits per heavy atom. The van der Waals surface area contributed by atoms with Crippen LogP contribution >= 0.6 is 0 Å². The first-order chi connectivity index (χ1) is 15.5. The first-order valence-corrected chi connectivity index (χ1v) is 9.53. The fraction of sp³-hybridized carbons (Fsp3) is 0.0800. The Morgan fingerprint density at radius 1 is 0.719 bits per heavy atom. The lowest BCUT2D eigenvalue weighted by molar-refractivity contribution is -0.146. The number of methoxy groups -OCH3 is 1. The van der Waals surface area contributed by atoms with Crippen molar-refractivity contribution >= 4 is 17.9 Å². The summed E-state index contributed by atoms with van der Waals surface area (Å²) in [6.07, 6.45) is 0.962. The Morgan fingerprint density at radius 3 is 1.78 bits per heavy atom. The van der Waals surface area contributed by atoms with Crippen LogP contribution in [0.15, 0.2) is 85.5 Å². The summed E-state index contributed by atoms with van der Waals surface area (Å²) in [6.45, 7) is 2.71. The Bertz CT molecular complexity index is 1100. The molecule has 0 fully saturated rings. The van der Waals surface area contributed by atoms with Crippen LogP contribution in [0.5, 0.6) is 11.5 Å². The predicted octanol–water partition coefficient (Wildman–Crippen LogP) is 4.42. The van der Waals surface area contributed by atoms with E-state index in [-0.39, 0.29) is 11.3 Å². The minimum Gasteiger partial charge on any atom is -0.497 e. The van der Waals surface area contributed by atoms with Crippen LogP contribution < -0.4 is 9.47 Å². The molecule has 7 heteroatoms. The van der Waals surface area contributed by atoms with Crippen molar-refractivity contribution in [1.29, 1.82) is 0 Å². The van der Waals surface area contributed by atoms with Gasteiger partial charge in [-0.15, -0.1) is 0 Å². The van der Waals surface area contributed by atoms with Crippen molar-refractivity contribution in [3.05, 3.63) is 96.6 Å². The van der Waals surface area contributed by atoms with Crippen LogP contribution in [0.3, 0.4) is 0 Å². The number of benzene rings is 3. The van der Waals surface area contributed by atoms with Gasteiger partial charge in [-0.2, -0.15) is 0 Å². The highest BCUT2D eigenvalue weighted by atomic mass is 16.7. The second kappa shape index (κ2) is 10.6. The summed E-state index contributed by atoms with van der Waals surface area (Å²) in [4.78, 5) is 35.2. The van der Waals surface area contributed by atoms with Gasteiger partial charge >= 0.3 is 17.9 Å². The van der Waals surface area contributed by atoms with Crippen LogP contribution in [0.1, 0.15) is 20.7 Å². The molecule has 0 aromatic heterocycles. The zero-order valence-electron chi connectivity index (χ0n) is 17.3. The molecule has 3 aromatic rings. The monoisotopic (exact) mass is 432 g/mol. The standard InChI is InChI=1S/C25H20O7/c1-3-23(26)30-16-31-24(27)19-10-14-22(15-11-19)32-25(28)20-6-4-17(5-7-20)18-8-12-21(29-2)13-9-18/h3-15H,1,16H2,2H3. The molecule has 0 heterocycles. The highest BCUT2D eigenvalue weighted by molar-refractivity contribution is 5.92. The first-order valence-electron chi connectivity index (χ1n) is 9.53. The highest BCUT2D eigenvalue weighted by Crippen LogP contribution is 2.23. The maximum Gasteiger partial charge on any atom is 0.343 e. The summed E-state index contributed by atoms with van der Waals surface area (Å²) in [5, 5.41) is 0. The summed E-state index contributed by atoms with van der Waals surface area (Å²) in [6, 6.07) is 20.4. The number of hydrogen-bond donors (Lipinski definition) is 0. The lowest BCUT2D eigenvalue weighted by atomic mass is 10.0. The lowest BCUT2D eigenvalue weighted by Gasteiger charge is -2.08. The van der Waals surface area contributed by atoms with Crippen molar-refractivity contribution < 1.29 is 33.3 Å². The molecule has 0 aliphatic heterocycles. The molecule has 7 nitrogen and oxygen atoms in total. The fourth-order valence-electron chi connectivity index (χ4n) is 2.69. The molecule has 0 atom stereocenters. The summed E-state index contributed by atoms with van der Waals surface area (Å²) in [7, 11) is 1.61. The topological polar surface area (TPSA) is 88.1 Å². The van der Waals surface area contributed by atoms with E-state index in [1.165, 1.54) is 24.3 Å². The lowest BCUT2D eigenvalue weighted by Crippen LogP contribution is -2.12. The number of esters is 3. The van der Waals surface area contributed by atoms with Crippen molar-refractivity contribution in [3.63, 3.8) is 0 Å². The maximum absolute atomic E-state index is 12.4. The molecular formula is C25H20O7. The molecule has 0 saturated heterocycles. The Labute approximate surface area is 184 Å². The van der Waals surface area contributed by atoms with Gasteiger partial charge in [-0.3, -0.25) is 0 Å². The van der Waals surface area contributed by atoms with Crippen LogP contribution in [0, 0.1) is 0 Å². The van der Waals surface area contributed by atoms with E-state index in [1.807, 2.05) is 36.4 Å². The molecule has 0 spiro atoms. The highest BCUT2D eigenvalue weighted by Gasteiger charge is 2.12. The molecule has 0 bridgehead atoms. The van der Waals surface area contributed by atoms with Crippen LogP contribution in [-0.4, -0.2) is 31.8 Å². The number of hydrogen-bond acceptors (Lipinski definition) is 7. The summed E-state index contributed by atoms with van der Waals surface area (Å²) >= 11 is 0. The van der Waals surface area contributed by atoms with E-state index in [2.05, 4.69) is 11.3 Å². The largest absolute Gasteiger partial charge is 0.497 e. The quantitative estimate of drug-likeness (QED) is 0.225. The average Bonchev–Trinajstić information content (AvgIpc) is 2.84. The number of rotatable bonds is 8. The van der Waals surface area contributed by atoms with E-state index in [0.29, 0.717) is 5.56 Å². The fourth-order valence-corrected chi connectivity index (χ4v) is 2.69. The predicted molar refractivity (Wildman–Crippen MR) is 116 cm³/mol. The van der Waals surface area contributed by atoms with E-state index < -0.39 is 24.7 Å². The summed E-state index contributed by atoms with van der Waals surface area (Å²) < 4.78 is 19.9. The van der Waals surface area contributed by atoms with E-state index >= 15 is 0 Å². The number of carbonyl (C=O) groups is 3. The normalized spacial score (nSPS) is 10.0. The van der Waals surface area contributed by atoms with Gasteiger partial charge in [0, 0.05) is 6.08 Å². The molecule has 162 valence electrons. The third kappa shape index (κ3) is 5.82. The molecule has 0 aliphatic carbocycles. The van der Waals surface area contributed by atoms with Crippen LogP contribution in [0.2, 0.25) is 0 Å². The van der Waals surface area contributed by atoms with Crippen LogP contribution in [0.4, 0.5) is 0 Å². The molecule has 3 aromatic carbocycles. The molecule has 0 amide bonds. The van der Waals surface area contributed by atoms with Gasteiger partial charge in [-0.25, -0.2) is 14.4 Å². The molecule has 0 aliphatic rings. The molecule has 0 N–H and O–H groups in total. The van der Waals surface area contributed by atoms with Crippen molar-refractivity contribution in [2.75, 3.05) is 13.9 Å². The van der Waals surface area contributed by atoms with Crippen molar-refractivity contribution in [3.8, 4) is 22.6 Å². The van der Waals surface area contributed by atoms with Gasteiger partial charge in [0.1, 0.15) is 11.5 Å². The van der Waals surface area contributed by atoms with Gasteiger partial charge in [0.25, 0.3) is 0 Å². The zero-order valence-corrected chi connectivity index (χ0v) is 17.3. The molecule has 32 heavy (non-hydrogen) atoms. The minimum atomic E-state index is -0.697. The molecular weight excluding hydrogens is 412 g/mol. The van der Waals surface area contributed by atoms with Crippen LogP contribution in [-0.2, 0) is 14.3 Å². The van der Waals surface area contributed by atoms with Crippen molar-refractivity contribution in [2.24, 2.45) is 0 Å². The maximum atomic E-state index is 12.4. The van der Waals surface area contributed by atoms with E-state index in [0.717, 1.165) is 23.0 Å². The van der Waals surface area contributed by atoms with E-state index in [9.17, 15) is 14.4 Å². The van der Waals surface area contributed by atoms with Gasteiger partial charge in [0.2, 0.25) is 6.79 Å². The third-order valence-corrected chi connectivity index (χ3v) is 4.40. The minimum absolute atomic E-state index is 0.211.